The number of ether oxygens (including phenoxy) is 1. The molecule has 138 valence electrons. The largest absolute Gasteiger partial charge is 0.383 e. The topological polar surface area (TPSA) is 82.7 Å². The second-order valence-corrected chi connectivity index (χ2v) is 6.32. The van der Waals surface area contributed by atoms with Gasteiger partial charge in [0, 0.05) is 30.6 Å². The van der Waals surface area contributed by atoms with Crippen LogP contribution in [0.25, 0.3) is 5.82 Å². The minimum atomic E-state index is 0.639. The molecule has 0 atom stereocenters. The van der Waals surface area contributed by atoms with E-state index in [-0.39, 0.29) is 0 Å². The molecule has 0 unspecified atom stereocenters. The maximum Gasteiger partial charge on any atom is 0.174 e. The lowest BCUT2D eigenvalue weighted by Gasteiger charge is -2.09. The summed E-state index contributed by atoms with van der Waals surface area (Å²) in [6.45, 7) is 10.1. The Morgan fingerprint density at radius 2 is 1.92 bits per heavy atom. The third-order valence-corrected chi connectivity index (χ3v) is 4.33. The average molecular weight is 355 g/mol. The first-order valence-electron chi connectivity index (χ1n) is 8.61. The van der Waals surface area contributed by atoms with Crippen LogP contribution in [-0.2, 0) is 17.8 Å². The number of rotatable bonds is 7. The smallest absolute Gasteiger partial charge is 0.174 e. The number of hydrogen-bond acceptors (Lipinski definition) is 6. The van der Waals surface area contributed by atoms with Gasteiger partial charge >= 0.3 is 0 Å². The molecule has 3 aromatic heterocycles. The van der Waals surface area contributed by atoms with Gasteiger partial charge in [-0.1, -0.05) is 0 Å². The van der Waals surface area contributed by atoms with Gasteiger partial charge in [0.2, 0.25) is 0 Å². The van der Waals surface area contributed by atoms with E-state index < -0.39 is 0 Å². The number of nitrogens with one attached hydrogen (secondary N) is 1. The molecular formula is C18H25N7O. The summed E-state index contributed by atoms with van der Waals surface area (Å²) >= 11 is 0. The molecule has 0 aliphatic heterocycles. The van der Waals surface area contributed by atoms with E-state index in [0.29, 0.717) is 24.8 Å². The molecule has 0 saturated carbocycles. The fourth-order valence-electron chi connectivity index (χ4n) is 2.97. The maximum atomic E-state index is 5.14. The molecule has 8 heteroatoms. The number of hydrogen-bond donors (Lipinski definition) is 1. The van der Waals surface area contributed by atoms with Gasteiger partial charge < -0.3 is 10.1 Å². The molecule has 3 heterocycles. The van der Waals surface area contributed by atoms with Crippen molar-refractivity contribution in [2.45, 2.75) is 40.8 Å². The normalized spacial score (nSPS) is 11.1. The summed E-state index contributed by atoms with van der Waals surface area (Å²) < 4.78 is 8.92. The third kappa shape index (κ3) is 3.75. The van der Waals surface area contributed by atoms with E-state index in [9.17, 15) is 0 Å². The van der Waals surface area contributed by atoms with Crippen LogP contribution in [0.15, 0.2) is 18.5 Å². The summed E-state index contributed by atoms with van der Waals surface area (Å²) in [4.78, 5) is 8.92. The zero-order chi connectivity index (χ0) is 18.7. The van der Waals surface area contributed by atoms with Crippen molar-refractivity contribution in [3.05, 3.63) is 46.8 Å². The van der Waals surface area contributed by atoms with Gasteiger partial charge in [-0.05, 0) is 33.8 Å². The van der Waals surface area contributed by atoms with Crippen molar-refractivity contribution < 1.29 is 4.74 Å². The number of aryl methyl sites for hydroxylation is 3. The van der Waals surface area contributed by atoms with Crippen molar-refractivity contribution in [2.24, 2.45) is 0 Å². The van der Waals surface area contributed by atoms with Gasteiger partial charge in [0.05, 0.1) is 36.9 Å². The minimum absolute atomic E-state index is 0.639. The number of aromatic nitrogens is 6. The molecule has 26 heavy (non-hydrogen) atoms. The summed E-state index contributed by atoms with van der Waals surface area (Å²) in [5, 5.41) is 12.4. The predicted molar refractivity (Wildman–Crippen MR) is 99.5 cm³/mol. The second kappa shape index (κ2) is 7.65. The number of anilines is 1. The van der Waals surface area contributed by atoms with Crippen LogP contribution in [0.2, 0.25) is 0 Å². The van der Waals surface area contributed by atoms with Crippen LogP contribution in [0.4, 0.5) is 5.82 Å². The van der Waals surface area contributed by atoms with Gasteiger partial charge in [-0.15, -0.1) is 0 Å². The highest BCUT2D eigenvalue weighted by Gasteiger charge is 2.12. The molecule has 0 saturated heterocycles. The molecule has 0 bridgehead atoms. The molecule has 0 amide bonds. The Bertz CT molecular complexity index is 897. The Kier molecular flexibility index (Phi) is 5.32. The van der Waals surface area contributed by atoms with Crippen molar-refractivity contribution in [1.29, 1.82) is 0 Å². The Hall–Kier alpha value is -2.74. The van der Waals surface area contributed by atoms with E-state index in [4.69, 9.17) is 4.74 Å². The van der Waals surface area contributed by atoms with Crippen molar-refractivity contribution in [1.82, 2.24) is 29.5 Å². The molecule has 0 aromatic carbocycles. The SMILES string of the molecule is COCCn1nc(C)c(CNc2cncc(-n3nc(C)cc3C)n2)c1C. The standard InChI is InChI=1S/C18H25N7O/c1-12-8-13(2)25(22-12)18-11-19-10-17(21-18)20-9-16-14(3)23-24(15(16)4)6-7-26-5/h8,10-11H,6-7,9H2,1-5H3,(H,20,21). The first-order valence-corrected chi connectivity index (χ1v) is 8.61. The van der Waals surface area contributed by atoms with E-state index in [1.54, 1.807) is 24.2 Å². The molecule has 3 rings (SSSR count). The molecular weight excluding hydrogens is 330 g/mol. The maximum absolute atomic E-state index is 5.14. The highest BCUT2D eigenvalue weighted by atomic mass is 16.5. The van der Waals surface area contributed by atoms with Gasteiger partial charge in [-0.25, -0.2) is 9.67 Å². The van der Waals surface area contributed by atoms with Crippen LogP contribution in [0.1, 0.15) is 28.3 Å². The zero-order valence-electron chi connectivity index (χ0n) is 15.9. The van der Waals surface area contributed by atoms with Gasteiger partial charge in [0.25, 0.3) is 0 Å². The first-order chi connectivity index (χ1) is 12.5. The molecule has 0 spiro atoms. The minimum Gasteiger partial charge on any atom is -0.383 e. The summed E-state index contributed by atoms with van der Waals surface area (Å²) in [5.74, 6) is 1.41. The van der Waals surface area contributed by atoms with Gasteiger partial charge in [-0.2, -0.15) is 10.2 Å². The third-order valence-electron chi connectivity index (χ3n) is 4.33. The molecule has 0 aliphatic carbocycles. The summed E-state index contributed by atoms with van der Waals surface area (Å²) in [7, 11) is 1.70. The zero-order valence-corrected chi connectivity index (χ0v) is 15.9. The van der Waals surface area contributed by atoms with Gasteiger partial charge in [0.1, 0.15) is 5.82 Å². The van der Waals surface area contributed by atoms with E-state index in [2.05, 4.69) is 32.4 Å². The highest BCUT2D eigenvalue weighted by molar-refractivity contribution is 5.39. The van der Waals surface area contributed by atoms with E-state index >= 15 is 0 Å². The van der Waals surface area contributed by atoms with E-state index in [1.807, 2.05) is 31.5 Å². The lowest BCUT2D eigenvalue weighted by Crippen LogP contribution is -2.09. The average Bonchev–Trinajstić information content (AvgIpc) is 3.10. The predicted octanol–water partition coefficient (Wildman–Crippen LogP) is 2.35. The van der Waals surface area contributed by atoms with E-state index in [1.165, 1.54) is 5.56 Å². The quantitative estimate of drug-likeness (QED) is 0.700. The van der Waals surface area contributed by atoms with Crippen LogP contribution in [0.3, 0.4) is 0 Å². The van der Waals surface area contributed by atoms with E-state index in [0.717, 1.165) is 29.3 Å². The summed E-state index contributed by atoms with van der Waals surface area (Å²) in [6, 6.07) is 2.02. The van der Waals surface area contributed by atoms with Crippen LogP contribution in [0.5, 0.6) is 0 Å². The Labute approximate surface area is 153 Å². The number of nitrogens with zero attached hydrogens (tertiary/aromatic N) is 6. The van der Waals surface area contributed by atoms with Gasteiger partial charge in [-0.3, -0.25) is 9.67 Å². The Morgan fingerprint density at radius 1 is 1.12 bits per heavy atom. The van der Waals surface area contributed by atoms with Crippen LogP contribution >= 0.6 is 0 Å². The molecule has 0 fully saturated rings. The molecule has 1 N–H and O–H groups in total. The lowest BCUT2D eigenvalue weighted by atomic mass is 10.2. The Balaban J connectivity index is 1.76. The van der Waals surface area contributed by atoms with Crippen LogP contribution < -0.4 is 5.32 Å². The van der Waals surface area contributed by atoms with Crippen molar-refractivity contribution in [3.63, 3.8) is 0 Å². The van der Waals surface area contributed by atoms with Gasteiger partial charge in [0.15, 0.2) is 5.82 Å². The molecule has 0 aliphatic rings. The van der Waals surface area contributed by atoms with Crippen LogP contribution in [-0.4, -0.2) is 43.2 Å². The summed E-state index contributed by atoms with van der Waals surface area (Å²) in [6.07, 6.45) is 3.43. The monoisotopic (exact) mass is 355 g/mol. The molecule has 3 aromatic rings. The molecule has 0 radical (unpaired) electrons. The Morgan fingerprint density at radius 3 is 2.62 bits per heavy atom. The first kappa shape index (κ1) is 18.1. The fraction of sp³-hybridized carbons (Fsp3) is 0.444. The van der Waals surface area contributed by atoms with Crippen LogP contribution in [0, 0.1) is 27.7 Å². The highest BCUT2D eigenvalue weighted by Crippen LogP contribution is 2.16. The van der Waals surface area contributed by atoms with Crippen molar-refractivity contribution in [3.8, 4) is 5.82 Å². The fourth-order valence-corrected chi connectivity index (χ4v) is 2.97. The number of methoxy groups -OCH3 is 1. The van der Waals surface area contributed by atoms with Crippen molar-refractivity contribution >= 4 is 5.82 Å². The van der Waals surface area contributed by atoms with Crippen molar-refractivity contribution in [2.75, 3.05) is 19.0 Å². The lowest BCUT2D eigenvalue weighted by molar-refractivity contribution is 0.182. The molecule has 8 nitrogen and oxygen atoms in total. The second-order valence-electron chi connectivity index (χ2n) is 6.32. The summed E-state index contributed by atoms with van der Waals surface area (Å²) in [5.41, 5.74) is 5.29.